The summed E-state index contributed by atoms with van der Waals surface area (Å²) in [5, 5.41) is 2.07. The van der Waals surface area contributed by atoms with Crippen LogP contribution < -0.4 is 0 Å². The number of aryl methyl sites for hydroxylation is 1. The molecule has 3 aromatic heterocycles. The largest absolute Gasteiger partial charge is 0.329 e. The van der Waals surface area contributed by atoms with Crippen molar-refractivity contribution < 1.29 is 4.79 Å². The standard InChI is InChI=1S/C17H16N4OS/c1-12-7-13(9-18-8-12)17(22)20-4-5-21-14(10-19-16(21)11-20)15-3-2-6-23-15/h2-3,6-10H,4-5,11H2,1H3. The zero-order valence-corrected chi connectivity index (χ0v) is 13.6. The van der Waals surface area contributed by atoms with Gasteiger partial charge in [0.15, 0.2) is 0 Å². The van der Waals surface area contributed by atoms with Gasteiger partial charge in [-0.2, -0.15) is 0 Å². The molecule has 0 radical (unpaired) electrons. The number of fused-ring (bicyclic) bond motifs is 1. The molecule has 0 bridgehead atoms. The van der Waals surface area contributed by atoms with E-state index in [1.165, 1.54) is 4.88 Å². The van der Waals surface area contributed by atoms with Gasteiger partial charge in [0.25, 0.3) is 5.91 Å². The number of hydrogen-bond acceptors (Lipinski definition) is 4. The van der Waals surface area contributed by atoms with E-state index in [9.17, 15) is 4.79 Å². The Labute approximate surface area is 138 Å². The van der Waals surface area contributed by atoms with Crippen molar-refractivity contribution in [3.05, 3.63) is 59.1 Å². The molecule has 4 heterocycles. The van der Waals surface area contributed by atoms with E-state index in [0.717, 1.165) is 23.6 Å². The molecule has 1 aliphatic rings. The molecule has 4 rings (SSSR count). The van der Waals surface area contributed by atoms with Gasteiger partial charge in [-0.15, -0.1) is 11.3 Å². The molecule has 1 aliphatic heterocycles. The molecule has 0 unspecified atom stereocenters. The molecule has 0 N–H and O–H groups in total. The molecule has 0 aliphatic carbocycles. The van der Waals surface area contributed by atoms with Crippen LogP contribution in [0, 0.1) is 6.92 Å². The molecule has 0 aromatic carbocycles. The van der Waals surface area contributed by atoms with E-state index in [2.05, 4.69) is 26.0 Å². The first-order valence-corrected chi connectivity index (χ1v) is 8.39. The van der Waals surface area contributed by atoms with Gasteiger partial charge >= 0.3 is 0 Å². The van der Waals surface area contributed by atoms with E-state index in [-0.39, 0.29) is 5.91 Å². The van der Waals surface area contributed by atoms with E-state index < -0.39 is 0 Å². The number of nitrogens with zero attached hydrogens (tertiary/aromatic N) is 4. The first kappa shape index (κ1) is 14.1. The first-order chi connectivity index (χ1) is 11.2. The minimum atomic E-state index is 0.0214. The number of thiophene rings is 1. The Hall–Kier alpha value is -2.47. The Balaban J connectivity index is 1.59. The zero-order valence-electron chi connectivity index (χ0n) is 12.8. The van der Waals surface area contributed by atoms with Crippen LogP contribution in [0.25, 0.3) is 10.6 Å². The third-order valence-electron chi connectivity index (χ3n) is 4.05. The second-order valence-electron chi connectivity index (χ2n) is 5.67. The summed E-state index contributed by atoms with van der Waals surface area (Å²) < 4.78 is 2.21. The van der Waals surface area contributed by atoms with E-state index >= 15 is 0 Å². The van der Waals surface area contributed by atoms with Gasteiger partial charge in [0, 0.05) is 25.5 Å². The zero-order chi connectivity index (χ0) is 15.8. The average molecular weight is 324 g/mol. The van der Waals surface area contributed by atoms with Crippen molar-refractivity contribution in [1.82, 2.24) is 19.4 Å². The smallest absolute Gasteiger partial charge is 0.255 e. The molecule has 1 amide bonds. The third kappa shape index (κ3) is 2.55. The maximum atomic E-state index is 12.6. The lowest BCUT2D eigenvalue weighted by Gasteiger charge is -2.28. The van der Waals surface area contributed by atoms with Crippen LogP contribution in [0.15, 0.2) is 42.2 Å². The molecule has 6 heteroatoms. The maximum Gasteiger partial charge on any atom is 0.255 e. The van der Waals surface area contributed by atoms with E-state index in [4.69, 9.17) is 0 Å². The van der Waals surface area contributed by atoms with Crippen molar-refractivity contribution in [3.8, 4) is 10.6 Å². The molecule has 0 spiro atoms. The van der Waals surface area contributed by atoms with Gasteiger partial charge in [-0.3, -0.25) is 9.78 Å². The van der Waals surface area contributed by atoms with Crippen molar-refractivity contribution in [2.24, 2.45) is 0 Å². The summed E-state index contributed by atoms with van der Waals surface area (Å²) in [5.74, 6) is 0.960. The number of aromatic nitrogens is 3. The molecule has 0 saturated carbocycles. The molecular formula is C17H16N4OS. The summed E-state index contributed by atoms with van der Waals surface area (Å²) in [6.07, 6.45) is 5.30. The Morgan fingerprint density at radius 1 is 1.26 bits per heavy atom. The van der Waals surface area contributed by atoms with Crippen LogP contribution in [0.3, 0.4) is 0 Å². The summed E-state index contributed by atoms with van der Waals surface area (Å²) in [7, 11) is 0. The summed E-state index contributed by atoms with van der Waals surface area (Å²) in [5.41, 5.74) is 2.78. The van der Waals surface area contributed by atoms with Crippen molar-refractivity contribution in [3.63, 3.8) is 0 Å². The fraction of sp³-hybridized carbons (Fsp3) is 0.235. The van der Waals surface area contributed by atoms with Gasteiger partial charge in [0.05, 0.1) is 28.9 Å². The lowest BCUT2D eigenvalue weighted by molar-refractivity contribution is 0.0707. The van der Waals surface area contributed by atoms with Crippen molar-refractivity contribution in [2.75, 3.05) is 6.54 Å². The minimum Gasteiger partial charge on any atom is -0.329 e. The molecule has 0 saturated heterocycles. The number of pyridine rings is 1. The SMILES string of the molecule is Cc1cncc(C(=O)N2CCn3c(-c4cccs4)cnc3C2)c1. The van der Waals surface area contributed by atoms with Gasteiger partial charge in [-0.05, 0) is 30.0 Å². The Morgan fingerprint density at radius 2 is 2.17 bits per heavy atom. The fourth-order valence-corrected chi connectivity index (χ4v) is 3.65. The fourth-order valence-electron chi connectivity index (χ4n) is 2.91. The summed E-state index contributed by atoms with van der Waals surface area (Å²) in [6.45, 7) is 3.94. The topological polar surface area (TPSA) is 51.0 Å². The highest BCUT2D eigenvalue weighted by Crippen LogP contribution is 2.28. The highest BCUT2D eigenvalue weighted by atomic mass is 32.1. The van der Waals surface area contributed by atoms with Crippen molar-refractivity contribution >= 4 is 17.2 Å². The number of carbonyl (C=O) groups excluding carboxylic acids is 1. The van der Waals surface area contributed by atoms with Gasteiger partial charge < -0.3 is 9.47 Å². The minimum absolute atomic E-state index is 0.0214. The quantitative estimate of drug-likeness (QED) is 0.728. The Bertz CT molecular complexity index is 853. The highest BCUT2D eigenvalue weighted by Gasteiger charge is 2.25. The van der Waals surface area contributed by atoms with Crippen LogP contribution in [-0.2, 0) is 13.1 Å². The number of rotatable bonds is 2. The summed E-state index contributed by atoms with van der Waals surface area (Å²) in [4.78, 5) is 24.3. The molecule has 23 heavy (non-hydrogen) atoms. The molecular weight excluding hydrogens is 308 g/mol. The maximum absolute atomic E-state index is 12.6. The Kier molecular flexibility index (Phi) is 3.46. The van der Waals surface area contributed by atoms with Gasteiger partial charge in [-0.1, -0.05) is 6.07 Å². The number of amides is 1. The van der Waals surface area contributed by atoms with E-state index in [1.54, 1.807) is 23.7 Å². The van der Waals surface area contributed by atoms with Crippen LogP contribution in [-0.4, -0.2) is 31.9 Å². The molecule has 0 atom stereocenters. The number of carbonyl (C=O) groups is 1. The summed E-state index contributed by atoms with van der Waals surface area (Å²) >= 11 is 1.71. The van der Waals surface area contributed by atoms with Crippen molar-refractivity contribution in [2.45, 2.75) is 20.0 Å². The molecule has 3 aromatic rings. The lowest BCUT2D eigenvalue weighted by atomic mass is 10.2. The van der Waals surface area contributed by atoms with Crippen LogP contribution in [0.4, 0.5) is 0 Å². The second-order valence-corrected chi connectivity index (χ2v) is 6.61. The van der Waals surface area contributed by atoms with Gasteiger partial charge in [0.2, 0.25) is 0 Å². The first-order valence-electron chi connectivity index (χ1n) is 7.51. The van der Waals surface area contributed by atoms with Gasteiger partial charge in [-0.25, -0.2) is 4.98 Å². The second kappa shape index (κ2) is 5.62. The van der Waals surface area contributed by atoms with Crippen molar-refractivity contribution in [1.29, 1.82) is 0 Å². The van der Waals surface area contributed by atoms with Crippen LogP contribution in [0.5, 0.6) is 0 Å². The number of imidazole rings is 1. The predicted molar refractivity (Wildman–Crippen MR) is 89.3 cm³/mol. The van der Waals surface area contributed by atoms with E-state index in [1.807, 2.05) is 30.2 Å². The number of hydrogen-bond donors (Lipinski definition) is 0. The van der Waals surface area contributed by atoms with E-state index in [0.29, 0.717) is 18.7 Å². The third-order valence-corrected chi connectivity index (χ3v) is 4.94. The van der Waals surface area contributed by atoms with Gasteiger partial charge in [0.1, 0.15) is 5.82 Å². The predicted octanol–water partition coefficient (Wildman–Crippen LogP) is 2.97. The Morgan fingerprint density at radius 3 is 2.96 bits per heavy atom. The van der Waals surface area contributed by atoms with Crippen LogP contribution in [0.2, 0.25) is 0 Å². The molecule has 5 nitrogen and oxygen atoms in total. The van der Waals surface area contributed by atoms with Crippen LogP contribution >= 0.6 is 11.3 Å². The lowest BCUT2D eigenvalue weighted by Crippen LogP contribution is -2.38. The monoisotopic (exact) mass is 324 g/mol. The molecule has 116 valence electrons. The summed E-state index contributed by atoms with van der Waals surface area (Å²) in [6, 6.07) is 6.03. The van der Waals surface area contributed by atoms with Crippen LogP contribution in [0.1, 0.15) is 21.7 Å². The highest BCUT2D eigenvalue weighted by molar-refractivity contribution is 7.13. The molecule has 0 fully saturated rings. The normalized spacial score (nSPS) is 13.9. The average Bonchev–Trinajstić information content (AvgIpc) is 3.22.